The zero-order valence-electron chi connectivity index (χ0n) is 11.1. The molecule has 0 radical (unpaired) electrons. The van der Waals surface area contributed by atoms with E-state index in [0.29, 0.717) is 5.56 Å². The fourth-order valence-electron chi connectivity index (χ4n) is 1.78. The molecule has 114 valence electrons. The number of aliphatic hydroxyl groups is 1. The summed E-state index contributed by atoms with van der Waals surface area (Å²) in [7, 11) is -2.56. The molecule has 0 saturated carbocycles. The quantitative estimate of drug-likeness (QED) is 0.849. The summed E-state index contributed by atoms with van der Waals surface area (Å²) in [5.41, 5.74) is 1.17. The first kappa shape index (κ1) is 16.6. The molecule has 0 aliphatic carbocycles. The Hall–Kier alpha value is -0.800. The van der Waals surface area contributed by atoms with Gasteiger partial charge in [0.25, 0.3) is 0 Å². The van der Waals surface area contributed by atoms with Crippen molar-refractivity contribution >= 4 is 37.3 Å². The number of thiophene rings is 1. The second-order valence-corrected chi connectivity index (χ2v) is 8.75. The first-order valence-corrected chi connectivity index (χ1v) is 9.04. The molecule has 0 saturated heterocycles. The van der Waals surface area contributed by atoms with Crippen LogP contribution < -0.4 is 0 Å². The first-order chi connectivity index (χ1) is 9.84. The van der Waals surface area contributed by atoms with Gasteiger partial charge in [-0.25, -0.2) is 12.8 Å². The van der Waals surface area contributed by atoms with E-state index in [1.165, 1.54) is 24.5 Å². The maximum Gasteiger partial charge on any atom is 0.246 e. The summed E-state index contributed by atoms with van der Waals surface area (Å²) >= 11 is 4.76. The first-order valence-electron chi connectivity index (χ1n) is 5.93. The van der Waals surface area contributed by atoms with Crippen LogP contribution in [0, 0.1) is 5.82 Å². The van der Waals surface area contributed by atoms with Crippen molar-refractivity contribution < 1.29 is 17.9 Å². The summed E-state index contributed by atoms with van der Waals surface area (Å²) in [6, 6.07) is 5.37. The van der Waals surface area contributed by atoms with Crippen LogP contribution in [-0.2, 0) is 23.2 Å². The van der Waals surface area contributed by atoms with Crippen LogP contribution in [0.1, 0.15) is 11.1 Å². The van der Waals surface area contributed by atoms with Gasteiger partial charge in [0, 0.05) is 13.6 Å². The molecule has 0 bridgehead atoms. The van der Waals surface area contributed by atoms with E-state index in [0.717, 1.165) is 25.8 Å². The van der Waals surface area contributed by atoms with Crippen LogP contribution in [0.15, 0.2) is 38.3 Å². The van der Waals surface area contributed by atoms with Crippen LogP contribution in [0.2, 0.25) is 0 Å². The molecule has 0 amide bonds. The second-order valence-electron chi connectivity index (χ2n) is 4.44. The Balaban J connectivity index is 2.32. The molecular weight excluding hydrogens is 381 g/mol. The number of benzene rings is 1. The molecule has 2 rings (SSSR count). The third-order valence-electron chi connectivity index (χ3n) is 2.89. The van der Waals surface area contributed by atoms with Crippen LogP contribution >= 0.6 is 27.3 Å². The molecule has 0 aliphatic rings. The molecule has 4 nitrogen and oxygen atoms in total. The van der Waals surface area contributed by atoms with Gasteiger partial charge in [-0.2, -0.15) is 4.31 Å². The number of aliphatic hydroxyl groups excluding tert-OH is 1. The molecule has 21 heavy (non-hydrogen) atoms. The average molecular weight is 394 g/mol. The lowest BCUT2D eigenvalue weighted by molar-refractivity contribution is 0.281. The zero-order valence-corrected chi connectivity index (χ0v) is 14.3. The van der Waals surface area contributed by atoms with E-state index in [2.05, 4.69) is 15.9 Å². The molecule has 0 aliphatic heterocycles. The zero-order chi connectivity index (χ0) is 15.6. The van der Waals surface area contributed by atoms with Crippen molar-refractivity contribution in [3.05, 3.63) is 50.4 Å². The van der Waals surface area contributed by atoms with E-state index < -0.39 is 20.7 Å². The van der Waals surface area contributed by atoms with E-state index in [-0.39, 0.29) is 13.2 Å². The fraction of sp³-hybridized carbons (Fsp3) is 0.231. The Morgan fingerprint density at radius 3 is 2.62 bits per heavy atom. The standard InChI is InChI=1S/C13H13BrFNO3S2/c1-16(6-10-5-13(14)20-8-10)21(18,19)12-4-9(7-17)2-3-11(12)15/h2-5,8,17H,6-7H2,1H3. The van der Waals surface area contributed by atoms with Gasteiger partial charge < -0.3 is 5.11 Å². The van der Waals surface area contributed by atoms with Gasteiger partial charge in [-0.05, 0) is 50.6 Å². The predicted molar refractivity (Wildman–Crippen MR) is 83.0 cm³/mol. The minimum atomic E-state index is -3.95. The molecular formula is C13H13BrFNO3S2. The van der Waals surface area contributed by atoms with Crippen LogP contribution in [0.25, 0.3) is 0 Å². The molecule has 1 aromatic carbocycles. The minimum Gasteiger partial charge on any atom is -0.392 e. The van der Waals surface area contributed by atoms with Gasteiger partial charge in [0.15, 0.2) is 0 Å². The third-order valence-corrected chi connectivity index (χ3v) is 6.27. The lowest BCUT2D eigenvalue weighted by Gasteiger charge is -2.17. The third kappa shape index (κ3) is 3.70. The van der Waals surface area contributed by atoms with Gasteiger partial charge in [0.2, 0.25) is 10.0 Å². The van der Waals surface area contributed by atoms with E-state index in [1.807, 2.05) is 11.4 Å². The van der Waals surface area contributed by atoms with E-state index in [9.17, 15) is 12.8 Å². The smallest absolute Gasteiger partial charge is 0.246 e. The lowest BCUT2D eigenvalue weighted by Crippen LogP contribution is -2.27. The Bertz CT molecular complexity index is 746. The highest BCUT2D eigenvalue weighted by atomic mass is 79.9. The van der Waals surface area contributed by atoms with Gasteiger partial charge in [0.1, 0.15) is 10.7 Å². The van der Waals surface area contributed by atoms with Crippen LogP contribution in [0.3, 0.4) is 0 Å². The van der Waals surface area contributed by atoms with Gasteiger partial charge in [-0.15, -0.1) is 11.3 Å². The van der Waals surface area contributed by atoms with Crippen molar-refractivity contribution in [3.8, 4) is 0 Å². The number of hydrogen-bond acceptors (Lipinski definition) is 4. The van der Waals surface area contributed by atoms with Crippen molar-refractivity contribution in [2.45, 2.75) is 18.0 Å². The summed E-state index contributed by atoms with van der Waals surface area (Å²) in [5, 5.41) is 10.9. The molecule has 0 atom stereocenters. The fourth-order valence-corrected chi connectivity index (χ4v) is 4.25. The van der Waals surface area contributed by atoms with Crippen molar-refractivity contribution in [2.24, 2.45) is 0 Å². The van der Waals surface area contributed by atoms with E-state index in [4.69, 9.17) is 5.11 Å². The molecule has 1 N–H and O–H groups in total. The summed E-state index contributed by atoms with van der Waals surface area (Å²) in [6.45, 7) is -0.197. The molecule has 0 spiro atoms. The predicted octanol–water partition coefficient (Wildman–Crippen LogP) is 2.96. The molecule has 0 unspecified atom stereocenters. The van der Waals surface area contributed by atoms with Crippen molar-refractivity contribution in [1.82, 2.24) is 4.31 Å². The van der Waals surface area contributed by atoms with Crippen LogP contribution in [0.5, 0.6) is 0 Å². The Morgan fingerprint density at radius 2 is 2.05 bits per heavy atom. The van der Waals surface area contributed by atoms with E-state index in [1.54, 1.807) is 0 Å². The molecule has 1 aromatic heterocycles. The van der Waals surface area contributed by atoms with Crippen molar-refractivity contribution in [1.29, 1.82) is 0 Å². The number of sulfonamides is 1. The number of rotatable bonds is 5. The monoisotopic (exact) mass is 393 g/mol. The molecule has 0 fully saturated rings. The van der Waals surface area contributed by atoms with Crippen LogP contribution in [-0.4, -0.2) is 24.9 Å². The van der Waals surface area contributed by atoms with Gasteiger partial charge in [0.05, 0.1) is 10.4 Å². The Labute approximate surface area is 135 Å². The molecule has 2 aromatic rings. The highest BCUT2D eigenvalue weighted by molar-refractivity contribution is 9.11. The summed E-state index contributed by atoms with van der Waals surface area (Å²) in [6.07, 6.45) is 0. The average Bonchev–Trinajstić information content (AvgIpc) is 2.84. The summed E-state index contributed by atoms with van der Waals surface area (Å²) < 4.78 is 40.7. The summed E-state index contributed by atoms with van der Waals surface area (Å²) in [4.78, 5) is -0.425. The molecule has 1 heterocycles. The lowest BCUT2D eigenvalue weighted by atomic mass is 10.2. The number of nitrogens with zero attached hydrogens (tertiary/aromatic N) is 1. The van der Waals surface area contributed by atoms with Crippen LogP contribution in [0.4, 0.5) is 4.39 Å². The topological polar surface area (TPSA) is 57.6 Å². The minimum absolute atomic E-state index is 0.146. The Kier molecular flexibility index (Phi) is 5.15. The number of halogens is 2. The maximum absolute atomic E-state index is 13.8. The normalized spacial score (nSPS) is 12.0. The molecule has 8 heteroatoms. The van der Waals surface area contributed by atoms with E-state index >= 15 is 0 Å². The second kappa shape index (κ2) is 6.53. The Morgan fingerprint density at radius 1 is 1.33 bits per heavy atom. The largest absolute Gasteiger partial charge is 0.392 e. The summed E-state index contributed by atoms with van der Waals surface area (Å²) in [5.74, 6) is -0.828. The van der Waals surface area contributed by atoms with Crippen molar-refractivity contribution in [3.63, 3.8) is 0 Å². The van der Waals surface area contributed by atoms with Gasteiger partial charge in [-0.1, -0.05) is 6.07 Å². The SMILES string of the molecule is CN(Cc1csc(Br)c1)S(=O)(=O)c1cc(CO)ccc1F. The highest BCUT2D eigenvalue weighted by Gasteiger charge is 2.25. The van der Waals surface area contributed by atoms with Gasteiger partial charge in [-0.3, -0.25) is 0 Å². The van der Waals surface area contributed by atoms with Crippen molar-refractivity contribution in [2.75, 3.05) is 7.05 Å². The highest BCUT2D eigenvalue weighted by Crippen LogP contribution is 2.25. The van der Waals surface area contributed by atoms with Gasteiger partial charge >= 0.3 is 0 Å². The maximum atomic E-state index is 13.8. The number of hydrogen-bond donors (Lipinski definition) is 1.